The van der Waals surface area contributed by atoms with Crippen LogP contribution < -0.4 is 9.46 Å². The Morgan fingerprint density at radius 3 is 2.56 bits per heavy atom. The van der Waals surface area contributed by atoms with Crippen molar-refractivity contribution in [2.75, 3.05) is 0 Å². The lowest BCUT2D eigenvalue weighted by Crippen LogP contribution is -2.40. The van der Waals surface area contributed by atoms with Crippen molar-refractivity contribution >= 4 is 10.0 Å². The van der Waals surface area contributed by atoms with Crippen molar-refractivity contribution in [1.29, 1.82) is 0 Å². The number of aromatic nitrogens is 1. The van der Waals surface area contributed by atoms with Crippen LogP contribution in [0.15, 0.2) is 36.5 Å². The molecule has 1 aliphatic rings. The molecule has 8 heteroatoms. The molecule has 0 atom stereocenters. The van der Waals surface area contributed by atoms with Gasteiger partial charge in [-0.3, -0.25) is 0 Å². The van der Waals surface area contributed by atoms with Crippen molar-refractivity contribution in [3.63, 3.8) is 0 Å². The minimum Gasteiger partial charge on any atom is -0.474 e. The first-order valence-electron chi connectivity index (χ1n) is 8.84. The van der Waals surface area contributed by atoms with Gasteiger partial charge in [0.2, 0.25) is 15.9 Å². The van der Waals surface area contributed by atoms with E-state index in [1.165, 1.54) is 0 Å². The van der Waals surface area contributed by atoms with Crippen molar-refractivity contribution in [3.8, 4) is 5.88 Å². The number of pyridine rings is 1. The molecule has 1 fully saturated rings. The number of ether oxygens (including phenoxy) is 1. The first-order chi connectivity index (χ1) is 12.8. The Hall–Kier alpha value is -2.06. The average Bonchev–Trinajstić information content (AvgIpc) is 2.61. The van der Waals surface area contributed by atoms with Gasteiger partial charge in [-0.1, -0.05) is 6.07 Å². The first-order valence-corrected chi connectivity index (χ1v) is 10.5. The van der Waals surface area contributed by atoms with Crippen LogP contribution in [0.2, 0.25) is 0 Å². The molecule has 5 nitrogen and oxygen atoms in total. The smallest absolute Gasteiger partial charge is 0.216 e. The molecule has 1 heterocycles. The second-order valence-corrected chi connectivity index (χ2v) is 8.63. The second kappa shape index (κ2) is 8.31. The average molecular weight is 396 g/mol. The van der Waals surface area contributed by atoms with Crippen LogP contribution in [0.25, 0.3) is 0 Å². The molecule has 1 N–H and O–H groups in total. The van der Waals surface area contributed by atoms with E-state index in [2.05, 4.69) is 9.71 Å². The molecular weight excluding hydrogens is 374 g/mol. The largest absolute Gasteiger partial charge is 0.474 e. The Morgan fingerprint density at radius 2 is 1.89 bits per heavy atom. The lowest BCUT2D eigenvalue weighted by atomic mass is 9.94. The van der Waals surface area contributed by atoms with Gasteiger partial charge < -0.3 is 4.74 Å². The molecule has 1 aromatic heterocycles. The van der Waals surface area contributed by atoms with Crippen LogP contribution in [0, 0.1) is 18.6 Å². The lowest BCUT2D eigenvalue weighted by Gasteiger charge is -2.29. The number of sulfonamides is 1. The summed E-state index contributed by atoms with van der Waals surface area (Å²) in [5.74, 6) is -1.42. The van der Waals surface area contributed by atoms with Gasteiger partial charge in [-0.25, -0.2) is 26.9 Å². The predicted molar refractivity (Wildman–Crippen MR) is 97.8 cm³/mol. The summed E-state index contributed by atoms with van der Waals surface area (Å²) in [5.41, 5.74) is 0.875. The van der Waals surface area contributed by atoms with E-state index in [0.717, 1.165) is 23.8 Å². The standard InChI is InChI=1S/C19H22F2N2O3S/c1-13-2-9-19(22-11-13)26-17-6-4-16(5-7-17)23-27(24,25)12-14-10-15(20)3-8-18(14)21/h2-3,8-11,16-17,23H,4-7,12H2,1H3. The van der Waals surface area contributed by atoms with Gasteiger partial charge in [0.1, 0.15) is 17.7 Å². The van der Waals surface area contributed by atoms with Crippen molar-refractivity contribution < 1.29 is 21.9 Å². The zero-order chi connectivity index (χ0) is 19.4. The van der Waals surface area contributed by atoms with E-state index >= 15 is 0 Å². The summed E-state index contributed by atoms with van der Waals surface area (Å²) < 4.78 is 59.9. The van der Waals surface area contributed by atoms with Gasteiger partial charge in [0.25, 0.3) is 0 Å². The van der Waals surface area contributed by atoms with Gasteiger partial charge in [0.15, 0.2) is 0 Å². The van der Waals surface area contributed by atoms with E-state index in [-0.39, 0.29) is 17.7 Å². The Labute approximate surface area is 157 Å². The van der Waals surface area contributed by atoms with E-state index in [4.69, 9.17) is 4.74 Å². The molecule has 0 bridgehead atoms. The summed E-state index contributed by atoms with van der Waals surface area (Å²) in [7, 11) is -3.76. The van der Waals surface area contributed by atoms with Gasteiger partial charge >= 0.3 is 0 Å². The molecule has 1 saturated carbocycles. The molecule has 2 aromatic rings. The fraction of sp³-hybridized carbons (Fsp3) is 0.421. The highest BCUT2D eigenvalue weighted by atomic mass is 32.2. The number of hydrogen-bond donors (Lipinski definition) is 1. The van der Waals surface area contributed by atoms with Crippen LogP contribution in [0.1, 0.15) is 36.8 Å². The molecule has 27 heavy (non-hydrogen) atoms. The van der Waals surface area contributed by atoms with E-state index in [0.29, 0.717) is 31.6 Å². The maximum Gasteiger partial charge on any atom is 0.216 e. The number of halogens is 2. The summed E-state index contributed by atoms with van der Waals surface area (Å²) in [6.45, 7) is 1.95. The molecule has 0 unspecified atom stereocenters. The number of nitrogens with one attached hydrogen (secondary N) is 1. The fourth-order valence-electron chi connectivity index (χ4n) is 3.15. The highest BCUT2D eigenvalue weighted by Gasteiger charge is 2.26. The van der Waals surface area contributed by atoms with Gasteiger partial charge in [-0.2, -0.15) is 0 Å². The second-order valence-electron chi connectivity index (χ2n) is 6.88. The number of rotatable bonds is 6. The van der Waals surface area contributed by atoms with Crippen LogP contribution in [-0.4, -0.2) is 25.5 Å². The van der Waals surface area contributed by atoms with Crippen molar-refractivity contribution in [1.82, 2.24) is 9.71 Å². The zero-order valence-electron chi connectivity index (χ0n) is 15.0. The number of benzene rings is 1. The molecule has 0 aliphatic heterocycles. The third kappa shape index (κ3) is 5.71. The van der Waals surface area contributed by atoms with Crippen LogP contribution >= 0.6 is 0 Å². The third-order valence-corrected chi connectivity index (χ3v) is 5.93. The minimum absolute atomic E-state index is 0.0124. The molecule has 0 spiro atoms. The zero-order valence-corrected chi connectivity index (χ0v) is 15.8. The summed E-state index contributed by atoms with van der Waals surface area (Å²) in [6, 6.07) is 6.31. The topological polar surface area (TPSA) is 68.3 Å². The summed E-state index contributed by atoms with van der Waals surface area (Å²) in [4.78, 5) is 4.21. The maximum absolute atomic E-state index is 13.7. The van der Waals surface area contributed by atoms with Gasteiger partial charge in [-0.15, -0.1) is 0 Å². The van der Waals surface area contributed by atoms with Crippen molar-refractivity contribution in [2.45, 2.75) is 50.5 Å². The quantitative estimate of drug-likeness (QED) is 0.812. The fourth-order valence-corrected chi connectivity index (χ4v) is 4.61. The van der Waals surface area contributed by atoms with Gasteiger partial charge in [-0.05, 0) is 56.4 Å². The summed E-state index contributed by atoms with van der Waals surface area (Å²) in [5, 5.41) is 0. The van der Waals surface area contributed by atoms with Crippen LogP contribution in [0.4, 0.5) is 8.78 Å². The highest BCUT2D eigenvalue weighted by Crippen LogP contribution is 2.24. The van der Waals surface area contributed by atoms with E-state index < -0.39 is 27.4 Å². The molecule has 1 aromatic carbocycles. The molecule has 146 valence electrons. The number of nitrogens with zero attached hydrogens (tertiary/aromatic N) is 1. The highest BCUT2D eigenvalue weighted by molar-refractivity contribution is 7.88. The predicted octanol–water partition coefficient (Wildman–Crippen LogP) is 3.48. The van der Waals surface area contributed by atoms with Gasteiger partial charge in [0.05, 0.1) is 5.75 Å². The van der Waals surface area contributed by atoms with Crippen molar-refractivity contribution in [3.05, 3.63) is 59.3 Å². The molecule has 0 radical (unpaired) electrons. The monoisotopic (exact) mass is 396 g/mol. The van der Waals surface area contributed by atoms with Crippen LogP contribution in [0.3, 0.4) is 0 Å². The Morgan fingerprint density at radius 1 is 1.15 bits per heavy atom. The Balaban J connectivity index is 1.52. The molecule has 0 amide bonds. The van der Waals surface area contributed by atoms with Crippen molar-refractivity contribution in [2.24, 2.45) is 0 Å². The van der Waals surface area contributed by atoms with E-state index in [9.17, 15) is 17.2 Å². The lowest BCUT2D eigenvalue weighted by molar-refractivity contribution is 0.138. The van der Waals surface area contributed by atoms with E-state index in [1.807, 2.05) is 19.1 Å². The van der Waals surface area contributed by atoms with E-state index in [1.54, 1.807) is 6.20 Å². The summed E-state index contributed by atoms with van der Waals surface area (Å²) in [6.07, 6.45) is 4.33. The normalized spacial score (nSPS) is 20.4. The summed E-state index contributed by atoms with van der Waals surface area (Å²) >= 11 is 0. The molecule has 0 saturated heterocycles. The first kappa shape index (κ1) is 19.7. The van der Waals surface area contributed by atoms with Gasteiger partial charge in [0, 0.05) is 23.9 Å². The van der Waals surface area contributed by atoms with Crippen LogP contribution in [0.5, 0.6) is 5.88 Å². The Kier molecular flexibility index (Phi) is 6.06. The van der Waals surface area contributed by atoms with Crippen LogP contribution in [-0.2, 0) is 15.8 Å². The Bertz CT molecular complexity index is 880. The number of aryl methyl sites for hydroxylation is 1. The maximum atomic E-state index is 13.7. The minimum atomic E-state index is -3.76. The molecule has 3 rings (SSSR count). The molecular formula is C19H22F2N2O3S. The molecule has 1 aliphatic carbocycles. The number of hydrogen-bond acceptors (Lipinski definition) is 4. The third-order valence-electron chi connectivity index (χ3n) is 4.55. The SMILES string of the molecule is Cc1ccc(OC2CCC(NS(=O)(=O)Cc3cc(F)ccc3F)CC2)nc1.